The van der Waals surface area contributed by atoms with Crippen molar-refractivity contribution in [2.45, 2.75) is 39.5 Å². The van der Waals surface area contributed by atoms with E-state index in [4.69, 9.17) is 0 Å². The minimum absolute atomic E-state index is 0.169. The first-order chi connectivity index (χ1) is 9.45. The molecular formula is C20H24. The van der Waals surface area contributed by atoms with Crippen LogP contribution in [0.4, 0.5) is 0 Å². The Kier molecular flexibility index (Phi) is 4.13. The lowest BCUT2D eigenvalue weighted by Gasteiger charge is -2.21. The molecule has 0 unspecified atom stereocenters. The van der Waals surface area contributed by atoms with Crippen LogP contribution in [0.5, 0.6) is 0 Å². The molecule has 0 saturated heterocycles. The normalized spacial score (nSPS) is 11.4. The molecule has 0 aliphatic heterocycles. The summed E-state index contributed by atoms with van der Waals surface area (Å²) >= 11 is 0. The molecule has 0 spiro atoms. The molecule has 0 aromatic heterocycles. The number of hydrogen-bond donors (Lipinski definition) is 0. The second-order valence-corrected chi connectivity index (χ2v) is 6.31. The zero-order valence-corrected chi connectivity index (χ0v) is 13.0. The van der Waals surface area contributed by atoms with E-state index in [0.717, 1.165) is 6.42 Å². The SMILES string of the molecule is C=Cc1cc(C(C)(C)C)ccc1-c1ccc(CC)cc1. The quantitative estimate of drug-likeness (QED) is 0.651. The second-order valence-electron chi connectivity index (χ2n) is 6.31. The molecule has 2 aromatic carbocycles. The van der Waals surface area contributed by atoms with Gasteiger partial charge in [0.1, 0.15) is 0 Å². The van der Waals surface area contributed by atoms with E-state index in [1.807, 2.05) is 6.08 Å². The lowest BCUT2D eigenvalue weighted by Crippen LogP contribution is -2.11. The number of benzene rings is 2. The summed E-state index contributed by atoms with van der Waals surface area (Å²) in [6.45, 7) is 12.9. The highest BCUT2D eigenvalue weighted by atomic mass is 14.2. The van der Waals surface area contributed by atoms with Gasteiger partial charge in [0, 0.05) is 0 Å². The maximum Gasteiger partial charge on any atom is -0.0111 e. The Balaban J connectivity index is 2.48. The van der Waals surface area contributed by atoms with Gasteiger partial charge in [0.15, 0.2) is 0 Å². The molecule has 0 heteroatoms. The Labute approximate surface area is 123 Å². The van der Waals surface area contributed by atoms with E-state index < -0.39 is 0 Å². The number of rotatable bonds is 3. The Morgan fingerprint density at radius 3 is 2.15 bits per heavy atom. The third-order valence-electron chi connectivity index (χ3n) is 3.81. The highest BCUT2D eigenvalue weighted by Gasteiger charge is 2.15. The summed E-state index contributed by atoms with van der Waals surface area (Å²) in [6.07, 6.45) is 3.04. The maximum absolute atomic E-state index is 3.97. The molecular weight excluding hydrogens is 240 g/mol. The molecule has 0 saturated carbocycles. The third kappa shape index (κ3) is 3.01. The lowest BCUT2D eigenvalue weighted by atomic mass is 9.84. The topological polar surface area (TPSA) is 0 Å². The van der Waals surface area contributed by atoms with Gasteiger partial charge in [-0.15, -0.1) is 0 Å². The Hall–Kier alpha value is -1.82. The van der Waals surface area contributed by atoms with Gasteiger partial charge >= 0.3 is 0 Å². The van der Waals surface area contributed by atoms with Gasteiger partial charge in [0.2, 0.25) is 0 Å². The zero-order valence-electron chi connectivity index (χ0n) is 13.0. The summed E-state index contributed by atoms with van der Waals surface area (Å²) in [4.78, 5) is 0. The van der Waals surface area contributed by atoms with Gasteiger partial charge in [-0.3, -0.25) is 0 Å². The van der Waals surface area contributed by atoms with E-state index in [-0.39, 0.29) is 5.41 Å². The number of aryl methyl sites for hydroxylation is 1. The van der Waals surface area contributed by atoms with E-state index in [1.165, 1.54) is 27.8 Å². The van der Waals surface area contributed by atoms with Crippen LogP contribution in [0.1, 0.15) is 44.4 Å². The first-order valence-electron chi connectivity index (χ1n) is 7.32. The van der Waals surface area contributed by atoms with Crippen LogP contribution in [0.25, 0.3) is 17.2 Å². The Bertz CT molecular complexity index is 595. The van der Waals surface area contributed by atoms with E-state index >= 15 is 0 Å². The van der Waals surface area contributed by atoms with Gasteiger partial charge in [-0.05, 0) is 39.7 Å². The van der Waals surface area contributed by atoms with Crippen molar-refractivity contribution in [2.75, 3.05) is 0 Å². The van der Waals surface area contributed by atoms with Crippen LogP contribution in [-0.4, -0.2) is 0 Å². The second kappa shape index (κ2) is 5.66. The van der Waals surface area contributed by atoms with Crippen LogP contribution in [0.15, 0.2) is 49.0 Å². The van der Waals surface area contributed by atoms with E-state index in [2.05, 4.69) is 76.7 Å². The van der Waals surface area contributed by atoms with E-state index in [9.17, 15) is 0 Å². The summed E-state index contributed by atoms with van der Waals surface area (Å²) in [7, 11) is 0. The van der Waals surface area contributed by atoms with Crippen molar-refractivity contribution in [2.24, 2.45) is 0 Å². The average molecular weight is 264 g/mol. The van der Waals surface area contributed by atoms with Crippen molar-refractivity contribution in [1.82, 2.24) is 0 Å². The van der Waals surface area contributed by atoms with Crippen LogP contribution < -0.4 is 0 Å². The minimum atomic E-state index is 0.169. The highest BCUT2D eigenvalue weighted by Crippen LogP contribution is 2.30. The van der Waals surface area contributed by atoms with Crippen molar-refractivity contribution in [1.29, 1.82) is 0 Å². The molecule has 2 rings (SSSR count). The predicted molar refractivity (Wildman–Crippen MR) is 90.0 cm³/mol. The Morgan fingerprint density at radius 2 is 1.65 bits per heavy atom. The van der Waals surface area contributed by atoms with Crippen LogP contribution >= 0.6 is 0 Å². The van der Waals surface area contributed by atoms with Crippen LogP contribution in [0.3, 0.4) is 0 Å². The Morgan fingerprint density at radius 1 is 1.00 bits per heavy atom. The molecule has 0 heterocycles. The van der Waals surface area contributed by atoms with E-state index in [1.54, 1.807) is 0 Å². The monoisotopic (exact) mass is 264 g/mol. The molecule has 0 amide bonds. The van der Waals surface area contributed by atoms with Crippen molar-refractivity contribution < 1.29 is 0 Å². The molecule has 0 fully saturated rings. The first-order valence-corrected chi connectivity index (χ1v) is 7.32. The van der Waals surface area contributed by atoms with Crippen LogP contribution in [0.2, 0.25) is 0 Å². The highest BCUT2D eigenvalue weighted by molar-refractivity contribution is 5.75. The van der Waals surface area contributed by atoms with Crippen molar-refractivity contribution in [3.63, 3.8) is 0 Å². The fourth-order valence-electron chi connectivity index (χ4n) is 2.38. The number of hydrogen-bond acceptors (Lipinski definition) is 0. The molecule has 20 heavy (non-hydrogen) atoms. The molecule has 0 radical (unpaired) electrons. The largest absolute Gasteiger partial charge is 0.0984 e. The third-order valence-corrected chi connectivity index (χ3v) is 3.81. The first kappa shape index (κ1) is 14.6. The summed E-state index contributed by atoms with van der Waals surface area (Å²) in [5, 5.41) is 0. The van der Waals surface area contributed by atoms with Gasteiger partial charge in [-0.1, -0.05) is 82.8 Å². The van der Waals surface area contributed by atoms with Crippen molar-refractivity contribution in [3.8, 4) is 11.1 Å². The van der Waals surface area contributed by atoms with Gasteiger partial charge in [-0.2, -0.15) is 0 Å². The standard InChI is InChI=1S/C20H24/c1-6-15-8-10-17(11-9-15)19-13-12-18(20(3,4)5)14-16(19)7-2/h7-14H,2,6H2,1,3-5H3. The summed E-state index contributed by atoms with van der Waals surface area (Å²) in [5.41, 5.74) is 6.62. The van der Waals surface area contributed by atoms with Gasteiger partial charge in [0.05, 0.1) is 0 Å². The van der Waals surface area contributed by atoms with Gasteiger partial charge < -0.3 is 0 Å². The molecule has 0 aliphatic carbocycles. The van der Waals surface area contributed by atoms with Crippen molar-refractivity contribution in [3.05, 3.63) is 65.7 Å². The molecule has 0 N–H and O–H groups in total. The van der Waals surface area contributed by atoms with Crippen LogP contribution in [0, 0.1) is 0 Å². The van der Waals surface area contributed by atoms with E-state index in [0.29, 0.717) is 0 Å². The predicted octanol–water partition coefficient (Wildman–Crippen LogP) is 5.86. The zero-order chi connectivity index (χ0) is 14.8. The summed E-state index contributed by atoms with van der Waals surface area (Å²) in [5.74, 6) is 0. The fourth-order valence-corrected chi connectivity index (χ4v) is 2.38. The maximum atomic E-state index is 3.97. The average Bonchev–Trinajstić information content (AvgIpc) is 2.45. The smallest absolute Gasteiger partial charge is 0.0111 e. The summed E-state index contributed by atoms with van der Waals surface area (Å²) < 4.78 is 0. The fraction of sp³-hybridized carbons (Fsp3) is 0.300. The van der Waals surface area contributed by atoms with Gasteiger partial charge in [0.25, 0.3) is 0 Å². The molecule has 2 aromatic rings. The lowest BCUT2D eigenvalue weighted by molar-refractivity contribution is 0.590. The summed E-state index contributed by atoms with van der Waals surface area (Å²) in [6, 6.07) is 15.5. The van der Waals surface area contributed by atoms with Crippen LogP contribution in [-0.2, 0) is 11.8 Å². The molecule has 0 aliphatic rings. The van der Waals surface area contributed by atoms with Crippen molar-refractivity contribution >= 4 is 6.08 Å². The molecule has 104 valence electrons. The van der Waals surface area contributed by atoms with Gasteiger partial charge in [-0.25, -0.2) is 0 Å². The minimum Gasteiger partial charge on any atom is -0.0984 e. The molecule has 0 atom stereocenters. The molecule has 0 nitrogen and oxygen atoms in total. The molecule has 0 bridgehead atoms.